The van der Waals surface area contributed by atoms with Gasteiger partial charge in [0.05, 0.1) is 4.92 Å². The molecule has 0 atom stereocenters. The third kappa shape index (κ3) is 3.07. The second kappa shape index (κ2) is 5.34. The lowest BCUT2D eigenvalue weighted by Crippen LogP contribution is -2.46. The second-order valence-corrected chi connectivity index (χ2v) is 5.54. The summed E-state index contributed by atoms with van der Waals surface area (Å²) in [6, 6.07) is 4.81. The van der Waals surface area contributed by atoms with E-state index >= 15 is 0 Å². The molecule has 0 spiro atoms. The number of nitro benzene ring substituents is 1. The molecule has 0 unspecified atom stereocenters. The van der Waals surface area contributed by atoms with Crippen molar-refractivity contribution in [3.63, 3.8) is 0 Å². The van der Waals surface area contributed by atoms with E-state index in [0.717, 1.165) is 22.9 Å². The average molecular weight is 315 g/mol. The standard InChI is InChI=1S/C12H15BrN2O3/c13-11-7-10(15(16)17)2-1-9(11)8-12(14)3-5-18-6-4-12/h1-2,7H,3-6,8,14H2. The highest BCUT2D eigenvalue weighted by atomic mass is 79.9. The predicted octanol–water partition coefficient (Wildman–Crippen LogP) is 2.41. The Morgan fingerprint density at radius 2 is 2.11 bits per heavy atom. The Labute approximate surface area is 114 Å². The van der Waals surface area contributed by atoms with Crippen LogP contribution in [0, 0.1) is 10.1 Å². The van der Waals surface area contributed by atoms with Crippen molar-refractivity contribution >= 4 is 21.6 Å². The summed E-state index contributed by atoms with van der Waals surface area (Å²) in [4.78, 5) is 10.3. The van der Waals surface area contributed by atoms with Gasteiger partial charge in [-0.05, 0) is 24.8 Å². The molecule has 5 nitrogen and oxygen atoms in total. The van der Waals surface area contributed by atoms with Gasteiger partial charge in [-0.15, -0.1) is 0 Å². The molecule has 1 aliphatic heterocycles. The van der Waals surface area contributed by atoms with E-state index < -0.39 is 4.92 Å². The van der Waals surface area contributed by atoms with Crippen molar-refractivity contribution in [3.05, 3.63) is 38.3 Å². The highest BCUT2D eigenvalue weighted by Gasteiger charge is 2.29. The van der Waals surface area contributed by atoms with Crippen LogP contribution in [-0.4, -0.2) is 23.7 Å². The number of hydrogen-bond acceptors (Lipinski definition) is 4. The zero-order chi connectivity index (χ0) is 13.2. The molecule has 0 amide bonds. The lowest BCUT2D eigenvalue weighted by molar-refractivity contribution is -0.384. The van der Waals surface area contributed by atoms with Gasteiger partial charge in [-0.25, -0.2) is 0 Å². The van der Waals surface area contributed by atoms with Crippen LogP contribution in [0.15, 0.2) is 22.7 Å². The summed E-state index contributed by atoms with van der Waals surface area (Å²) in [7, 11) is 0. The third-order valence-electron chi connectivity index (χ3n) is 3.28. The summed E-state index contributed by atoms with van der Waals surface area (Å²) in [5.41, 5.74) is 7.15. The number of non-ortho nitro benzene ring substituents is 1. The van der Waals surface area contributed by atoms with Crippen LogP contribution in [-0.2, 0) is 11.2 Å². The zero-order valence-corrected chi connectivity index (χ0v) is 11.5. The number of halogens is 1. The molecule has 98 valence electrons. The third-order valence-corrected chi connectivity index (χ3v) is 4.02. The molecule has 1 saturated heterocycles. The van der Waals surface area contributed by atoms with E-state index in [0.29, 0.717) is 19.6 Å². The van der Waals surface area contributed by atoms with Crippen molar-refractivity contribution < 1.29 is 9.66 Å². The van der Waals surface area contributed by atoms with Gasteiger partial charge in [0.2, 0.25) is 0 Å². The maximum absolute atomic E-state index is 10.7. The van der Waals surface area contributed by atoms with E-state index in [2.05, 4.69) is 15.9 Å². The van der Waals surface area contributed by atoms with Crippen LogP contribution in [0.25, 0.3) is 0 Å². The molecule has 0 bridgehead atoms. The fraction of sp³-hybridized carbons (Fsp3) is 0.500. The first kappa shape index (κ1) is 13.5. The van der Waals surface area contributed by atoms with Crippen molar-refractivity contribution in [2.45, 2.75) is 24.8 Å². The van der Waals surface area contributed by atoms with Crippen molar-refractivity contribution in [3.8, 4) is 0 Å². The molecule has 1 aromatic rings. The second-order valence-electron chi connectivity index (χ2n) is 4.68. The fourth-order valence-electron chi connectivity index (χ4n) is 2.13. The SMILES string of the molecule is NC1(Cc2ccc([N+](=O)[O-])cc2Br)CCOCC1. The lowest BCUT2D eigenvalue weighted by atomic mass is 9.85. The van der Waals surface area contributed by atoms with Gasteiger partial charge in [-0.1, -0.05) is 22.0 Å². The number of hydrogen-bond donors (Lipinski definition) is 1. The Kier molecular flexibility index (Phi) is 3.99. The molecule has 0 aliphatic carbocycles. The van der Waals surface area contributed by atoms with Crippen LogP contribution < -0.4 is 5.73 Å². The number of benzene rings is 1. The lowest BCUT2D eigenvalue weighted by Gasteiger charge is -2.33. The first-order chi connectivity index (χ1) is 8.50. The van der Waals surface area contributed by atoms with Gasteiger partial charge in [0, 0.05) is 35.4 Å². The summed E-state index contributed by atoms with van der Waals surface area (Å²) < 4.78 is 6.05. The number of nitrogens with two attached hydrogens (primary N) is 1. The minimum absolute atomic E-state index is 0.0867. The molecular weight excluding hydrogens is 300 g/mol. The van der Waals surface area contributed by atoms with E-state index in [9.17, 15) is 10.1 Å². The Balaban J connectivity index is 2.16. The predicted molar refractivity (Wildman–Crippen MR) is 71.5 cm³/mol. The molecule has 1 aliphatic rings. The number of nitro groups is 1. The van der Waals surface area contributed by atoms with E-state index in [4.69, 9.17) is 10.5 Å². The summed E-state index contributed by atoms with van der Waals surface area (Å²) in [6.45, 7) is 1.36. The van der Waals surface area contributed by atoms with Crippen molar-refractivity contribution in [1.29, 1.82) is 0 Å². The van der Waals surface area contributed by atoms with Gasteiger partial charge in [-0.2, -0.15) is 0 Å². The van der Waals surface area contributed by atoms with Crippen LogP contribution in [0.5, 0.6) is 0 Å². The largest absolute Gasteiger partial charge is 0.381 e. The molecule has 0 aromatic heterocycles. The van der Waals surface area contributed by atoms with Gasteiger partial charge in [0.15, 0.2) is 0 Å². The molecule has 2 N–H and O–H groups in total. The first-order valence-corrected chi connectivity index (χ1v) is 6.59. The summed E-state index contributed by atoms with van der Waals surface area (Å²) in [5.74, 6) is 0. The number of ether oxygens (including phenoxy) is 1. The van der Waals surface area contributed by atoms with Gasteiger partial charge >= 0.3 is 0 Å². The maximum Gasteiger partial charge on any atom is 0.270 e. The van der Waals surface area contributed by atoms with Crippen LogP contribution in [0.2, 0.25) is 0 Å². The van der Waals surface area contributed by atoms with Crippen LogP contribution in [0.4, 0.5) is 5.69 Å². The first-order valence-electron chi connectivity index (χ1n) is 5.80. The fourth-order valence-corrected chi connectivity index (χ4v) is 2.63. The summed E-state index contributed by atoms with van der Waals surface area (Å²) in [5, 5.41) is 10.7. The van der Waals surface area contributed by atoms with E-state index in [-0.39, 0.29) is 11.2 Å². The van der Waals surface area contributed by atoms with E-state index in [1.54, 1.807) is 6.07 Å². The number of rotatable bonds is 3. The number of nitrogens with zero attached hydrogens (tertiary/aromatic N) is 1. The Morgan fingerprint density at radius 3 is 2.67 bits per heavy atom. The molecule has 1 heterocycles. The highest BCUT2D eigenvalue weighted by molar-refractivity contribution is 9.10. The Morgan fingerprint density at radius 1 is 1.44 bits per heavy atom. The smallest absolute Gasteiger partial charge is 0.270 e. The normalized spacial score (nSPS) is 18.6. The molecule has 0 radical (unpaired) electrons. The van der Waals surface area contributed by atoms with Crippen LogP contribution in [0.1, 0.15) is 18.4 Å². The molecule has 1 aromatic carbocycles. The van der Waals surface area contributed by atoms with E-state index in [1.807, 2.05) is 0 Å². The molecule has 2 rings (SSSR count). The zero-order valence-electron chi connectivity index (χ0n) is 9.89. The average Bonchev–Trinajstić information content (AvgIpc) is 2.32. The Bertz CT molecular complexity index is 459. The Hall–Kier alpha value is -0.980. The maximum atomic E-state index is 10.7. The van der Waals surface area contributed by atoms with Gasteiger partial charge in [0.1, 0.15) is 0 Å². The summed E-state index contributed by atoms with van der Waals surface area (Å²) >= 11 is 3.38. The van der Waals surface area contributed by atoms with Crippen LogP contribution >= 0.6 is 15.9 Å². The monoisotopic (exact) mass is 314 g/mol. The van der Waals surface area contributed by atoms with E-state index in [1.165, 1.54) is 12.1 Å². The van der Waals surface area contributed by atoms with Gasteiger partial charge < -0.3 is 10.5 Å². The molecule has 18 heavy (non-hydrogen) atoms. The van der Waals surface area contributed by atoms with Crippen molar-refractivity contribution in [2.24, 2.45) is 5.73 Å². The topological polar surface area (TPSA) is 78.4 Å². The van der Waals surface area contributed by atoms with Crippen molar-refractivity contribution in [1.82, 2.24) is 0 Å². The van der Waals surface area contributed by atoms with Gasteiger partial charge in [0.25, 0.3) is 5.69 Å². The molecule has 0 saturated carbocycles. The molecule has 6 heteroatoms. The molecular formula is C12H15BrN2O3. The quantitative estimate of drug-likeness (QED) is 0.686. The van der Waals surface area contributed by atoms with Crippen molar-refractivity contribution in [2.75, 3.05) is 13.2 Å². The minimum atomic E-state index is -0.402. The van der Waals surface area contributed by atoms with Crippen LogP contribution in [0.3, 0.4) is 0 Å². The highest BCUT2D eigenvalue weighted by Crippen LogP contribution is 2.29. The minimum Gasteiger partial charge on any atom is -0.381 e. The summed E-state index contributed by atoms with van der Waals surface area (Å²) in [6.07, 6.45) is 2.34. The molecule has 1 fully saturated rings. The van der Waals surface area contributed by atoms with Gasteiger partial charge in [-0.3, -0.25) is 10.1 Å².